The molecular weight excluding hydrogens is 1040 g/mol. The van der Waals surface area contributed by atoms with Crippen LogP contribution in [-0.2, 0) is 23.2 Å². The number of phenols is 2. The molecule has 2 N–H and O–H groups in total. The molecule has 482 valence electrons. The van der Waals surface area contributed by atoms with E-state index in [9.17, 15) is 15.0 Å². The zero-order valence-electron chi connectivity index (χ0n) is 55.8. The summed E-state index contributed by atoms with van der Waals surface area (Å²) in [6.45, 7) is 4.61. The third-order valence-electron chi connectivity index (χ3n) is 19.7. The lowest BCUT2D eigenvalue weighted by atomic mass is 9.76. The van der Waals surface area contributed by atoms with Gasteiger partial charge >= 0.3 is 5.97 Å². The zero-order valence-corrected chi connectivity index (χ0v) is 55.8. The lowest BCUT2D eigenvalue weighted by Crippen LogP contribution is -2.32. The summed E-state index contributed by atoms with van der Waals surface area (Å²) in [5, 5.41) is 21.0. The lowest BCUT2D eigenvalue weighted by Gasteiger charge is -2.36. The smallest absolute Gasteiger partial charge is 0.340 e. The normalized spacial score (nSPS) is 13.1. The van der Waals surface area contributed by atoms with Crippen LogP contribution in [0.25, 0.3) is 0 Å². The van der Waals surface area contributed by atoms with Crippen molar-refractivity contribution in [2.75, 3.05) is 0 Å². The summed E-state index contributed by atoms with van der Waals surface area (Å²) in [5.41, 5.74) is 4.17. The van der Waals surface area contributed by atoms with Gasteiger partial charge in [0, 0.05) is 28.8 Å². The van der Waals surface area contributed by atoms with Crippen LogP contribution in [0.5, 0.6) is 23.0 Å². The van der Waals surface area contributed by atoms with Crippen LogP contribution in [0.15, 0.2) is 48.5 Å². The Morgan fingerprint density at radius 3 is 0.835 bits per heavy atom. The van der Waals surface area contributed by atoms with Crippen molar-refractivity contribution in [3.63, 3.8) is 0 Å². The van der Waals surface area contributed by atoms with Crippen LogP contribution in [0.3, 0.4) is 0 Å². The predicted octanol–water partition coefficient (Wildman–Crippen LogP) is 26.6. The second-order valence-corrected chi connectivity index (χ2v) is 27.3. The highest BCUT2D eigenvalue weighted by molar-refractivity contribution is 5.99. The fraction of sp³-hybridized carbons (Fsp3) is 0.762. The summed E-state index contributed by atoms with van der Waals surface area (Å²) in [6, 6.07) is 14.5. The molecule has 2 aliphatic heterocycles. The van der Waals surface area contributed by atoms with Crippen molar-refractivity contribution in [3.8, 4) is 23.0 Å². The number of carbonyl (C=O) groups excluding carboxylic acids is 1. The fourth-order valence-corrected chi connectivity index (χ4v) is 14.4. The van der Waals surface area contributed by atoms with Gasteiger partial charge in [-0.1, -0.05) is 373 Å². The van der Waals surface area contributed by atoms with Crippen LogP contribution in [-0.4, -0.2) is 16.2 Å². The third-order valence-corrected chi connectivity index (χ3v) is 19.7. The van der Waals surface area contributed by atoms with Crippen molar-refractivity contribution in [2.24, 2.45) is 0 Å². The average Bonchev–Trinajstić information content (AvgIpc) is 1.64. The van der Waals surface area contributed by atoms with Crippen LogP contribution in [0.4, 0.5) is 0 Å². The van der Waals surface area contributed by atoms with E-state index in [1.54, 1.807) is 24.3 Å². The van der Waals surface area contributed by atoms with E-state index in [0.717, 1.165) is 36.8 Å². The van der Waals surface area contributed by atoms with Crippen molar-refractivity contribution in [3.05, 3.63) is 81.9 Å². The maximum atomic E-state index is 14.5. The number of carbonyl (C=O) groups is 1. The number of ether oxygens (including phenoxy) is 2. The molecule has 0 amide bonds. The van der Waals surface area contributed by atoms with Gasteiger partial charge in [-0.15, -0.1) is 0 Å². The van der Waals surface area contributed by atoms with Gasteiger partial charge in [-0.3, -0.25) is 0 Å². The summed E-state index contributed by atoms with van der Waals surface area (Å²) >= 11 is 0. The number of fused-ring (bicyclic) bond motifs is 6. The van der Waals surface area contributed by atoms with E-state index >= 15 is 0 Å². The molecule has 2 aliphatic rings. The Hall–Kier alpha value is -3.47. The number of aryl methyl sites for hydroxylation is 1. The van der Waals surface area contributed by atoms with E-state index in [4.69, 9.17) is 9.47 Å². The molecule has 0 saturated heterocycles. The molecule has 0 bridgehead atoms. The van der Waals surface area contributed by atoms with Gasteiger partial charge in [-0.2, -0.15) is 0 Å². The highest BCUT2D eigenvalue weighted by Gasteiger charge is 2.54. The van der Waals surface area contributed by atoms with Gasteiger partial charge in [0.2, 0.25) is 0 Å². The number of benzene rings is 3. The first kappa shape index (κ1) is 72.3. The Morgan fingerprint density at radius 2 is 0.553 bits per heavy atom. The molecular formula is C80H132O5. The second-order valence-electron chi connectivity index (χ2n) is 27.3. The van der Waals surface area contributed by atoms with Gasteiger partial charge in [0.15, 0.2) is 5.60 Å². The van der Waals surface area contributed by atoms with E-state index in [1.165, 1.54) is 352 Å². The summed E-state index contributed by atoms with van der Waals surface area (Å²) in [6.07, 6.45) is 80.2. The molecule has 1 spiro atoms. The zero-order chi connectivity index (χ0) is 59.9. The number of aromatic hydroxyl groups is 2. The molecule has 0 atom stereocenters. The van der Waals surface area contributed by atoms with Gasteiger partial charge in [0.05, 0.1) is 5.56 Å². The number of phenolic OH excluding ortho intramolecular Hbond substituents is 2. The molecule has 0 unspecified atom stereocenters. The van der Waals surface area contributed by atoms with Crippen molar-refractivity contribution in [1.82, 2.24) is 0 Å². The van der Waals surface area contributed by atoms with E-state index < -0.39 is 5.60 Å². The van der Waals surface area contributed by atoms with Gasteiger partial charge in [-0.05, 0) is 61.1 Å². The first-order valence-corrected chi connectivity index (χ1v) is 37.7. The molecule has 2 heterocycles. The van der Waals surface area contributed by atoms with Crippen molar-refractivity contribution >= 4 is 5.97 Å². The highest BCUT2D eigenvalue weighted by Crippen LogP contribution is 2.58. The quantitative estimate of drug-likeness (QED) is 0.0435. The van der Waals surface area contributed by atoms with Crippen LogP contribution in [0.2, 0.25) is 0 Å². The minimum atomic E-state index is -1.22. The Labute approximate surface area is 524 Å². The maximum Gasteiger partial charge on any atom is 0.340 e. The van der Waals surface area contributed by atoms with E-state index in [1.807, 2.05) is 12.1 Å². The molecule has 0 aliphatic carbocycles. The van der Waals surface area contributed by atoms with Gasteiger partial charge in [0.1, 0.15) is 23.0 Å². The van der Waals surface area contributed by atoms with Gasteiger partial charge < -0.3 is 19.7 Å². The number of hydrogen-bond donors (Lipinski definition) is 2. The predicted molar refractivity (Wildman–Crippen MR) is 365 cm³/mol. The SMILES string of the molecule is CCCCCCCCCCCCCCCCCCCCCCCCCCCCCCc1ccc2c(c1CCCCCCCCCCCCCCCCCCCCCCCCCCCCCC)C(=O)OC21c2ccc(O)cc2Oc2cc(O)ccc21. The number of unbranched alkanes of at least 4 members (excludes halogenated alkanes) is 54. The largest absolute Gasteiger partial charge is 0.508 e. The van der Waals surface area contributed by atoms with Gasteiger partial charge in [0.25, 0.3) is 0 Å². The Kier molecular flexibility index (Phi) is 40.4. The summed E-state index contributed by atoms with van der Waals surface area (Å²) in [4.78, 5) is 14.5. The summed E-state index contributed by atoms with van der Waals surface area (Å²) < 4.78 is 12.9. The molecule has 0 saturated carbocycles. The summed E-state index contributed by atoms with van der Waals surface area (Å²) in [5.74, 6) is 0.722. The minimum Gasteiger partial charge on any atom is -0.508 e. The van der Waals surface area contributed by atoms with E-state index in [2.05, 4.69) is 26.0 Å². The standard InChI is InChI=1S/C80H132O5/c1-3-5-7-9-11-13-15-17-19-21-23-25-27-29-31-33-35-37-39-41-43-45-47-49-51-53-55-57-59-69-61-64-75-78(79(83)85-80(75)73-65-62-70(81)67-76(73)84-77-68-71(82)63-66-74(77)80)72(69)60-58-56-54-52-50-48-46-44-42-40-38-36-34-32-30-28-26-24-22-20-18-16-14-12-10-8-6-4-2/h61-68,81-82H,3-60H2,1-2H3. The Morgan fingerprint density at radius 1 is 0.306 bits per heavy atom. The number of esters is 1. The van der Waals surface area contributed by atoms with E-state index in [-0.39, 0.29) is 17.5 Å². The third kappa shape index (κ3) is 29.1. The monoisotopic (exact) mass is 1170 g/mol. The fourth-order valence-electron chi connectivity index (χ4n) is 14.4. The average molecular weight is 1170 g/mol. The molecule has 0 aromatic heterocycles. The Balaban J connectivity index is 0.922. The minimum absolute atomic E-state index is 0.0744. The molecule has 3 aromatic rings. The topological polar surface area (TPSA) is 76.0 Å². The lowest BCUT2D eigenvalue weighted by molar-refractivity contribution is 0.0223. The number of hydrogen-bond acceptors (Lipinski definition) is 5. The van der Waals surface area contributed by atoms with Crippen molar-refractivity contribution < 1.29 is 24.5 Å². The molecule has 3 aromatic carbocycles. The van der Waals surface area contributed by atoms with Crippen LogP contribution in [0.1, 0.15) is 412 Å². The van der Waals surface area contributed by atoms with E-state index in [0.29, 0.717) is 28.2 Å². The van der Waals surface area contributed by atoms with Crippen molar-refractivity contribution in [1.29, 1.82) is 0 Å². The van der Waals surface area contributed by atoms with Crippen molar-refractivity contribution in [2.45, 2.75) is 392 Å². The summed E-state index contributed by atoms with van der Waals surface area (Å²) in [7, 11) is 0. The maximum absolute atomic E-state index is 14.5. The second kappa shape index (κ2) is 47.5. The first-order chi connectivity index (χ1) is 42.0. The van der Waals surface area contributed by atoms with Crippen LogP contribution >= 0.6 is 0 Å². The molecule has 85 heavy (non-hydrogen) atoms. The molecule has 5 heteroatoms. The molecule has 0 radical (unpaired) electrons. The number of rotatable bonds is 58. The van der Waals surface area contributed by atoms with Crippen LogP contribution in [0, 0.1) is 0 Å². The Bertz CT molecular complexity index is 2070. The van der Waals surface area contributed by atoms with Crippen LogP contribution < -0.4 is 4.74 Å². The molecule has 5 rings (SSSR count). The van der Waals surface area contributed by atoms with Gasteiger partial charge in [-0.25, -0.2) is 4.79 Å². The highest BCUT2D eigenvalue weighted by atomic mass is 16.6. The first-order valence-electron chi connectivity index (χ1n) is 37.7. The molecule has 0 fully saturated rings. The molecule has 5 nitrogen and oxygen atoms in total.